The molecular weight excluding hydrogens is 292 g/mol. The van der Waals surface area contributed by atoms with Crippen molar-refractivity contribution in [1.29, 1.82) is 0 Å². The summed E-state index contributed by atoms with van der Waals surface area (Å²) >= 11 is 0. The first-order chi connectivity index (χ1) is 10.5. The van der Waals surface area contributed by atoms with E-state index in [9.17, 15) is 13.6 Å². The van der Waals surface area contributed by atoms with Crippen LogP contribution in [0.3, 0.4) is 0 Å². The molecule has 0 aliphatic carbocycles. The van der Waals surface area contributed by atoms with E-state index >= 15 is 0 Å². The highest BCUT2D eigenvalue weighted by atomic mass is 19.3. The van der Waals surface area contributed by atoms with Crippen molar-refractivity contribution in [2.24, 2.45) is 5.92 Å². The van der Waals surface area contributed by atoms with Crippen molar-refractivity contribution in [1.82, 2.24) is 15.1 Å². The van der Waals surface area contributed by atoms with Gasteiger partial charge in [-0.1, -0.05) is 18.2 Å². The van der Waals surface area contributed by atoms with Crippen LogP contribution < -0.4 is 0 Å². The van der Waals surface area contributed by atoms with E-state index in [4.69, 9.17) is 4.74 Å². The number of carbonyl (C=O) groups is 1. The van der Waals surface area contributed by atoms with E-state index in [2.05, 4.69) is 10.2 Å². The van der Waals surface area contributed by atoms with Gasteiger partial charge in [0.2, 0.25) is 0 Å². The first-order valence-electron chi connectivity index (χ1n) is 7.12. The Morgan fingerprint density at radius 2 is 2.27 bits per heavy atom. The minimum atomic E-state index is -2.81. The molecule has 1 atom stereocenters. The third-order valence-corrected chi connectivity index (χ3v) is 4.08. The van der Waals surface area contributed by atoms with E-state index in [0.717, 1.165) is 5.52 Å². The van der Waals surface area contributed by atoms with Crippen molar-refractivity contribution in [3.8, 4) is 0 Å². The van der Waals surface area contributed by atoms with Crippen LogP contribution in [0.4, 0.5) is 8.78 Å². The molecule has 1 aromatic carbocycles. The van der Waals surface area contributed by atoms with Crippen molar-refractivity contribution < 1.29 is 18.3 Å². The molecule has 118 valence electrons. The summed E-state index contributed by atoms with van der Waals surface area (Å²) in [6.45, 7) is -0.0772. The topological polar surface area (TPSA) is 58.2 Å². The smallest absolute Gasteiger partial charge is 0.275 e. The first kappa shape index (κ1) is 14.9. The van der Waals surface area contributed by atoms with Crippen LogP contribution in [-0.2, 0) is 4.74 Å². The Bertz CT molecular complexity index is 686. The maximum Gasteiger partial charge on any atom is 0.275 e. The van der Waals surface area contributed by atoms with Gasteiger partial charge in [-0.15, -0.1) is 0 Å². The van der Waals surface area contributed by atoms with Crippen LogP contribution in [0, 0.1) is 5.92 Å². The van der Waals surface area contributed by atoms with Gasteiger partial charge in [-0.3, -0.25) is 9.89 Å². The highest BCUT2D eigenvalue weighted by Gasteiger charge is 2.45. The molecule has 1 amide bonds. The normalized spacial score (nSPS) is 21.2. The third-order valence-electron chi connectivity index (χ3n) is 4.08. The molecule has 0 spiro atoms. The van der Waals surface area contributed by atoms with Crippen LogP contribution in [0.2, 0.25) is 0 Å². The van der Waals surface area contributed by atoms with E-state index in [1.807, 2.05) is 18.2 Å². The number of aromatic nitrogens is 2. The predicted octanol–water partition coefficient (Wildman–Crippen LogP) is 2.31. The molecule has 0 saturated carbocycles. The number of amides is 1. The molecule has 2 aromatic rings. The van der Waals surface area contributed by atoms with Crippen LogP contribution in [0.1, 0.15) is 16.9 Å². The number of fused-ring (bicyclic) bond motifs is 1. The number of aromatic amines is 1. The fourth-order valence-electron chi connectivity index (χ4n) is 2.82. The largest absolute Gasteiger partial charge is 0.384 e. The maximum absolute atomic E-state index is 13.8. The van der Waals surface area contributed by atoms with E-state index in [1.165, 1.54) is 12.0 Å². The van der Waals surface area contributed by atoms with Crippen LogP contribution in [0.15, 0.2) is 24.3 Å². The molecule has 5 nitrogen and oxygen atoms in total. The molecule has 1 aliphatic heterocycles. The number of para-hydroxylation sites is 1. The Kier molecular flexibility index (Phi) is 3.82. The quantitative estimate of drug-likeness (QED) is 0.946. The van der Waals surface area contributed by atoms with Gasteiger partial charge in [-0.2, -0.15) is 5.10 Å². The van der Waals surface area contributed by atoms with E-state index in [1.54, 1.807) is 6.07 Å². The lowest BCUT2D eigenvalue weighted by Crippen LogP contribution is -2.50. The minimum Gasteiger partial charge on any atom is -0.384 e. The fraction of sp³-hybridized carbons (Fsp3) is 0.467. The second-order valence-electron chi connectivity index (χ2n) is 5.53. The van der Waals surface area contributed by atoms with Gasteiger partial charge in [-0.25, -0.2) is 8.78 Å². The molecule has 3 rings (SSSR count). The standard InChI is InChI=1S/C15H17F2N3O2/c1-22-9-10-8-20(7-6-15(10,16)17)14(21)13-11-4-2-3-5-12(11)18-19-13/h2-5,10H,6-9H2,1H3,(H,18,19). The van der Waals surface area contributed by atoms with Gasteiger partial charge in [0.1, 0.15) is 0 Å². The summed E-state index contributed by atoms with van der Waals surface area (Å²) in [5.74, 6) is -4.12. The number of carbonyl (C=O) groups excluding carboxylic acids is 1. The Hall–Kier alpha value is -2.02. The molecule has 1 unspecified atom stereocenters. The van der Waals surface area contributed by atoms with Gasteiger partial charge in [0.25, 0.3) is 11.8 Å². The summed E-state index contributed by atoms with van der Waals surface area (Å²) in [4.78, 5) is 14.0. The van der Waals surface area contributed by atoms with Crippen molar-refractivity contribution in [2.45, 2.75) is 12.3 Å². The van der Waals surface area contributed by atoms with Gasteiger partial charge >= 0.3 is 0 Å². The van der Waals surface area contributed by atoms with E-state index < -0.39 is 11.8 Å². The Balaban J connectivity index is 1.83. The van der Waals surface area contributed by atoms with Crippen LogP contribution in [0.5, 0.6) is 0 Å². The molecule has 1 aromatic heterocycles. The van der Waals surface area contributed by atoms with Crippen molar-refractivity contribution in [3.63, 3.8) is 0 Å². The summed E-state index contributed by atoms with van der Waals surface area (Å²) in [5, 5.41) is 7.54. The van der Waals surface area contributed by atoms with Gasteiger partial charge < -0.3 is 9.64 Å². The molecule has 2 heterocycles. The summed E-state index contributed by atoms with van der Waals surface area (Å²) in [6, 6.07) is 7.26. The molecular formula is C15H17F2N3O2. The average molecular weight is 309 g/mol. The van der Waals surface area contributed by atoms with E-state index in [-0.39, 0.29) is 37.7 Å². The third kappa shape index (κ3) is 2.56. The number of methoxy groups -OCH3 is 1. The Morgan fingerprint density at radius 1 is 1.50 bits per heavy atom. The molecule has 0 bridgehead atoms. The molecule has 1 aliphatic rings. The van der Waals surface area contributed by atoms with Gasteiger partial charge in [-0.05, 0) is 6.07 Å². The monoisotopic (exact) mass is 309 g/mol. The first-order valence-corrected chi connectivity index (χ1v) is 7.12. The summed E-state index contributed by atoms with van der Waals surface area (Å²) in [6.07, 6.45) is -0.352. The SMILES string of the molecule is COCC1CN(C(=O)c2n[nH]c3ccccc23)CCC1(F)F. The highest BCUT2D eigenvalue weighted by Crippen LogP contribution is 2.34. The number of benzene rings is 1. The van der Waals surface area contributed by atoms with Gasteiger partial charge in [0.05, 0.1) is 18.0 Å². The number of halogens is 2. The molecule has 0 radical (unpaired) electrons. The molecule has 1 N–H and O–H groups in total. The zero-order chi connectivity index (χ0) is 15.7. The molecule has 22 heavy (non-hydrogen) atoms. The lowest BCUT2D eigenvalue weighted by molar-refractivity contribution is -0.118. The number of alkyl halides is 2. The number of rotatable bonds is 3. The summed E-state index contributed by atoms with van der Waals surface area (Å²) in [7, 11) is 1.39. The van der Waals surface area contributed by atoms with Crippen LogP contribution in [0.25, 0.3) is 10.9 Å². The van der Waals surface area contributed by atoms with Gasteiger partial charge in [0, 0.05) is 32.0 Å². The molecule has 7 heteroatoms. The molecule has 1 saturated heterocycles. The summed E-state index contributed by atoms with van der Waals surface area (Å²) < 4.78 is 32.6. The Labute approximate surface area is 126 Å². The van der Waals surface area contributed by atoms with Crippen molar-refractivity contribution >= 4 is 16.8 Å². The minimum absolute atomic E-state index is 0.0211. The zero-order valence-electron chi connectivity index (χ0n) is 12.2. The van der Waals surface area contributed by atoms with Crippen LogP contribution >= 0.6 is 0 Å². The number of nitrogens with zero attached hydrogens (tertiary/aromatic N) is 2. The lowest BCUT2D eigenvalue weighted by atomic mass is 9.94. The predicted molar refractivity (Wildman–Crippen MR) is 76.9 cm³/mol. The number of hydrogen-bond acceptors (Lipinski definition) is 3. The number of ether oxygens (including phenoxy) is 1. The van der Waals surface area contributed by atoms with Crippen molar-refractivity contribution in [2.75, 3.05) is 26.8 Å². The Morgan fingerprint density at radius 3 is 3.05 bits per heavy atom. The second-order valence-corrected chi connectivity index (χ2v) is 5.53. The van der Waals surface area contributed by atoms with Crippen LogP contribution in [-0.4, -0.2) is 53.7 Å². The zero-order valence-corrected chi connectivity index (χ0v) is 12.2. The highest BCUT2D eigenvalue weighted by molar-refractivity contribution is 6.04. The number of piperidine rings is 1. The summed E-state index contributed by atoms with van der Waals surface area (Å²) in [5.41, 5.74) is 1.03. The second kappa shape index (κ2) is 5.64. The maximum atomic E-state index is 13.8. The van der Waals surface area contributed by atoms with E-state index in [0.29, 0.717) is 5.39 Å². The van der Waals surface area contributed by atoms with Crippen molar-refractivity contribution in [3.05, 3.63) is 30.0 Å². The number of nitrogens with one attached hydrogen (secondary N) is 1. The number of hydrogen-bond donors (Lipinski definition) is 1. The molecule has 1 fully saturated rings. The number of H-pyrrole nitrogens is 1. The fourth-order valence-corrected chi connectivity index (χ4v) is 2.82. The van der Waals surface area contributed by atoms with Gasteiger partial charge in [0.15, 0.2) is 5.69 Å². The lowest BCUT2D eigenvalue weighted by Gasteiger charge is -2.37. The average Bonchev–Trinajstić information content (AvgIpc) is 2.93. The number of likely N-dealkylation sites (tertiary alicyclic amines) is 1.